The summed E-state index contributed by atoms with van der Waals surface area (Å²) >= 11 is 0. The third kappa shape index (κ3) is 2.23. The number of hydrogen-bond acceptors (Lipinski definition) is 4. The summed E-state index contributed by atoms with van der Waals surface area (Å²) in [7, 11) is 0. The molecule has 5 heteroatoms. The number of nitrogens with one attached hydrogen (secondary N) is 1. The van der Waals surface area contributed by atoms with Crippen LogP contribution in [0.25, 0.3) is 0 Å². The summed E-state index contributed by atoms with van der Waals surface area (Å²) in [4.78, 5) is 20.5. The van der Waals surface area contributed by atoms with Crippen LogP contribution in [0.2, 0.25) is 0 Å². The number of aromatic nitrogens is 1. The van der Waals surface area contributed by atoms with Crippen LogP contribution in [0.15, 0.2) is 24.4 Å². The number of pyridine rings is 1. The summed E-state index contributed by atoms with van der Waals surface area (Å²) in [5.74, 6) is 0.0574. The second kappa shape index (κ2) is 5.04. The number of nitrogens with zero attached hydrogens (tertiary/aromatic N) is 3. The topological polar surface area (TPSA) is 48.5 Å². The maximum atomic E-state index is 12.1. The summed E-state index contributed by atoms with van der Waals surface area (Å²) in [5.41, 5.74) is 0.552. The summed E-state index contributed by atoms with van der Waals surface area (Å²) in [6.45, 7) is 5.99. The van der Waals surface area contributed by atoms with Gasteiger partial charge in [-0.3, -0.25) is 14.7 Å². The van der Waals surface area contributed by atoms with E-state index in [1.165, 1.54) is 0 Å². The Hall–Kier alpha value is -1.46. The van der Waals surface area contributed by atoms with Crippen LogP contribution >= 0.6 is 0 Å². The van der Waals surface area contributed by atoms with E-state index in [1.807, 2.05) is 17.0 Å². The van der Waals surface area contributed by atoms with Crippen LogP contribution in [0, 0.1) is 0 Å². The minimum atomic E-state index is 0.0574. The second-order valence-corrected chi connectivity index (χ2v) is 4.86. The molecule has 0 bridgehead atoms. The highest BCUT2D eigenvalue weighted by molar-refractivity contribution is 5.92. The quantitative estimate of drug-likeness (QED) is 0.786. The average Bonchev–Trinajstić information content (AvgIpc) is 2.39. The van der Waals surface area contributed by atoms with Crippen molar-refractivity contribution in [1.29, 1.82) is 0 Å². The van der Waals surface area contributed by atoms with Gasteiger partial charge in [-0.25, -0.2) is 0 Å². The van der Waals surface area contributed by atoms with Crippen molar-refractivity contribution in [2.75, 3.05) is 39.3 Å². The number of amides is 1. The van der Waals surface area contributed by atoms with Gasteiger partial charge < -0.3 is 10.2 Å². The largest absolute Gasteiger partial charge is 0.334 e. The first-order chi connectivity index (χ1) is 8.84. The monoisotopic (exact) mass is 246 g/mol. The van der Waals surface area contributed by atoms with Crippen LogP contribution in [0.1, 0.15) is 10.5 Å². The second-order valence-electron chi connectivity index (χ2n) is 4.86. The molecule has 0 spiro atoms. The molecule has 0 radical (unpaired) electrons. The molecule has 18 heavy (non-hydrogen) atoms. The van der Waals surface area contributed by atoms with Gasteiger partial charge in [-0.2, -0.15) is 0 Å². The van der Waals surface area contributed by atoms with E-state index in [4.69, 9.17) is 0 Å². The lowest BCUT2D eigenvalue weighted by Crippen LogP contribution is -2.63. The first-order valence-electron chi connectivity index (χ1n) is 6.49. The van der Waals surface area contributed by atoms with Crippen LogP contribution in [0.4, 0.5) is 0 Å². The molecule has 0 aliphatic carbocycles. The fraction of sp³-hybridized carbons (Fsp3) is 0.538. The van der Waals surface area contributed by atoms with Gasteiger partial charge in [0.2, 0.25) is 0 Å². The molecule has 1 aromatic heterocycles. The number of piperazine rings is 1. The third-order valence-electron chi connectivity index (χ3n) is 3.70. The van der Waals surface area contributed by atoms with E-state index < -0.39 is 0 Å². The van der Waals surface area contributed by atoms with Crippen molar-refractivity contribution in [2.45, 2.75) is 6.04 Å². The molecule has 1 amide bonds. The normalized spacial score (nSPS) is 21.7. The predicted molar refractivity (Wildman–Crippen MR) is 68.4 cm³/mol. The summed E-state index contributed by atoms with van der Waals surface area (Å²) in [5, 5.41) is 3.35. The van der Waals surface area contributed by atoms with Gasteiger partial charge in [-0.05, 0) is 12.1 Å². The fourth-order valence-corrected chi connectivity index (χ4v) is 2.55. The molecular formula is C13H18N4O. The molecule has 0 atom stereocenters. The Bertz CT molecular complexity index is 410. The first-order valence-corrected chi connectivity index (χ1v) is 6.49. The zero-order chi connectivity index (χ0) is 12.4. The molecule has 2 saturated heterocycles. The first kappa shape index (κ1) is 11.6. The van der Waals surface area contributed by atoms with Crippen LogP contribution < -0.4 is 5.32 Å². The Morgan fingerprint density at radius 1 is 1.28 bits per heavy atom. The molecule has 2 aliphatic heterocycles. The number of rotatable bonds is 2. The number of carbonyl (C=O) groups is 1. The third-order valence-corrected chi connectivity index (χ3v) is 3.70. The zero-order valence-corrected chi connectivity index (χ0v) is 10.4. The molecule has 2 aliphatic rings. The molecule has 0 saturated carbocycles. The van der Waals surface area contributed by atoms with Gasteiger partial charge in [0.05, 0.1) is 0 Å². The maximum absolute atomic E-state index is 12.1. The predicted octanol–water partition coefficient (Wildman–Crippen LogP) is -0.189. The average molecular weight is 246 g/mol. The van der Waals surface area contributed by atoms with Crippen molar-refractivity contribution in [3.05, 3.63) is 30.1 Å². The Kier molecular flexibility index (Phi) is 3.25. The SMILES string of the molecule is O=C(c1ccccn1)N1CC(N2CCNCC2)C1. The van der Waals surface area contributed by atoms with Gasteiger partial charge in [0.15, 0.2) is 0 Å². The Labute approximate surface area is 107 Å². The van der Waals surface area contributed by atoms with E-state index in [1.54, 1.807) is 12.3 Å². The van der Waals surface area contributed by atoms with E-state index in [0.29, 0.717) is 11.7 Å². The molecule has 1 N–H and O–H groups in total. The molecule has 0 aromatic carbocycles. The molecular weight excluding hydrogens is 228 g/mol. The maximum Gasteiger partial charge on any atom is 0.272 e. The van der Waals surface area contributed by atoms with Crippen molar-refractivity contribution >= 4 is 5.91 Å². The Morgan fingerprint density at radius 3 is 2.72 bits per heavy atom. The number of hydrogen-bond donors (Lipinski definition) is 1. The van der Waals surface area contributed by atoms with E-state index in [0.717, 1.165) is 39.3 Å². The number of likely N-dealkylation sites (tertiary alicyclic amines) is 1. The lowest BCUT2D eigenvalue weighted by atomic mass is 10.1. The lowest BCUT2D eigenvalue weighted by Gasteiger charge is -2.46. The van der Waals surface area contributed by atoms with Gasteiger partial charge in [0.1, 0.15) is 5.69 Å². The summed E-state index contributed by atoms with van der Waals surface area (Å²) in [6, 6.07) is 6.00. The molecule has 0 unspecified atom stereocenters. The van der Waals surface area contributed by atoms with Crippen molar-refractivity contribution in [1.82, 2.24) is 20.1 Å². The lowest BCUT2D eigenvalue weighted by molar-refractivity contribution is 0.0223. The van der Waals surface area contributed by atoms with E-state index in [9.17, 15) is 4.79 Å². The van der Waals surface area contributed by atoms with Crippen molar-refractivity contribution < 1.29 is 4.79 Å². The van der Waals surface area contributed by atoms with Gasteiger partial charge >= 0.3 is 0 Å². The minimum Gasteiger partial charge on any atom is -0.334 e. The molecule has 96 valence electrons. The summed E-state index contributed by atoms with van der Waals surface area (Å²) < 4.78 is 0. The van der Waals surface area contributed by atoms with Crippen LogP contribution in [-0.4, -0.2) is 66.0 Å². The zero-order valence-electron chi connectivity index (χ0n) is 10.4. The van der Waals surface area contributed by atoms with Crippen LogP contribution in [-0.2, 0) is 0 Å². The standard InChI is InChI=1S/C13H18N4O/c18-13(12-3-1-2-4-15-12)17-9-11(10-17)16-7-5-14-6-8-16/h1-4,11,14H,5-10H2. The molecule has 5 nitrogen and oxygen atoms in total. The highest BCUT2D eigenvalue weighted by Crippen LogP contribution is 2.17. The highest BCUT2D eigenvalue weighted by atomic mass is 16.2. The van der Waals surface area contributed by atoms with E-state index in [2.05, 4.69) is 15.2 Å². The molecule has 2 fully saturated rings. The van der Waals surface area contributed by atoms with Crippen LogP contribution in [0.5, 0.6) is 0 Å². The van der Waals surface area contributed by atoms with Gasteiger partial charge in [0.25, 0.3) is 5.91 Å². The van der Waals surface area contributed by atoms with E-state index >= 15 is 0 Å². The van der Waals surface area contributed by atoms with Crippen molar-refractivity contribution in [3.63, 3.8) is 0 Å². The Balaban J connectivity index is 1.54. The van der Waals surface area contributed by atoms with Crippen molar-refractivity contribution in [3.8, 4) is 0 Å². The molecule has 1 aromatic rings. The van der Waals surface area contributed by atoms with Gasteiger partial charge in [-0.1, -0.05) is 6.07 Å². The summed E-state index contributed by atoms with van der Waals surface area (Å²) in [6.07, 6.45) is 1.67. The van der Waals surface area contributed by atoms with Crippen molar-refractivity contribution in [2.24, 2.45) is 0 Å². The van der Waals surface area contributed by atoms with Gasteiger partial charge in [0, 0.05) is 51.5 Å². The van der Waals surface area contributed by atoms with E-state index in [-0.39, 0.29) is 5.91 Å². The Morgan fingerprint density at radius 2 is 2.06 bits per heavy atom. The fourth-order valence-electron chi connectivity index (χ4n) is 2.55. The molecule has 3 rings (SSSR count). The van der Waals surface area contributed by atoms with Crippen LogP contribution in [0.3, 0.4) is 0 Å². The molecule has 3 heterocycles. The smallest absolute Gasteiger partial charge is 0.272 e. The highest BCUT2D eigenvalue weighted by Gasteiger charge is 2.35. The minimum absolute atomic E-state index is 0.0574. The number of carbonyl (C=O) groups excluding carboxylic acids is 1. The van der Waals surface area contributed by atoms with Gasteiger partial charge in [-0.15, -0.1) is 0 Å².